The van der Waals surface area contributed by atoms with Crippen molar-refractivity contribution in [2.75, 3.05) is 0 Å². The normalized spacial score (nSPS) is 11.0. The number of carboxylic acid groups (broad SMARTS) is 4. The molecule has 10 nitrogen and oxygen atoms in total. The Balaban J connectivity index is 1.49. The topological polar surface area (TPSA) is 168 Å². The lowest BCUT2D eigenvalue weighted by molar-refractivity contribution is 0.0651. The third kappa shape index (κ3) is 6.17. The van der Waals surface area contributed by atoms with E-state index in [1.807, 2.05) is 6.92 Å². The summed E-state index contributed by atoms with van der Waals surface area (Å²) in [5.74, 6) is -4.32. The van der Waals surface area contributed by atoms with Crippen molar-refractivity contribution in [3.8, 4) is 23.0 Å². The van der Waals surface area contributed by atoms with Crippen molar-refractivity contribution < 1.29 is 49.1 Å². The van der Waals surface area contributed by atoms with Gasteiger partial charge >= 0.3 is 23.9 Å². The average molecular weight is 556 g/mol. The minimum atomic E-state index is -1.38. The minimum Gasteiger partial charge on any atom is -0.478 e. The Labute approximate surface area is 233 Å². The molecule has 0 saturated carbocycles. The van der Waals surface area contributed by atoms with Gasteiger partial charge in [0.2, 0.25) is 0 Å². The SMILES string of the molecule is [CH2]C(C)(c1ccc(Oc2ccc(C(=O)O)c(C(=O)O)c2)cc1)c1ccc(Oc2ccc(C(=O)O)c(C(=O)O)c2)cc1. The maximum atomic E-state index is 11.4. The Bertz CT molecular complexity index is 1530. The predicted octanol–water partition coefficient (Wildman–Crippen LogP) is 6.20. The summed E-state index contributed by atoms with van der Waals surface area (Å²) in [6.45, 7) is 6.24. The summed E-state index contributed by atoms with van der Waals surface area (Å²) in [4.78, 5) is 45.4. The molecule has 4 aromatic rings. The molecule has 0 aromatic heterocycles. The fraction of sp³-hybridized carbons (Fsp3) is 0.0645. The molecule has 10 heteroatoms. The van der Waals surface area contributed by atoms with Crippen molar-refractivity contribution in [3.63, 3.8) is 0 Å². The van der Waals surface area contributed by atoms with Gasteiger partial charge in [0, 0.05) is 5.41 Å². The van der Waals surface area contributed by atoms with Crippen LogP contribution in [0.3, 0.4) is 0 Å². The number of hydrogen-bond acceptors (Lipinski definition) is 6. The molecule has 0 atom stereocenters. The second-order valence-corrected chi connectivity index (χ2v) is 9.22. The van der Waals surface area contributed by atoms with Gasteiger partial charge in [-0.05, 0) is 78.7 Å². The van der Waals surface area contributed by atoms with Crippen molar-refractivity contribution in [2.24, 2.45) is 0 Å². The van der Waals surface area contributed by atoms with Crippen molar-refractivity contribution >= 4 is 23.9 Å². The fourth-order valence-corrected chi connectivity index (χ4v) is 4.12. The molecule has 0 unspecified atom stereocenters. The highest BCUT2D eigenvalue weighted by molar-refractivity contribution is 6.02. The number of carboxylic acids is 4. The molecule has 0 aliphatic rings. The number of carbonyl (C=O) groups is 4. The number of benzene rings is 4. The molecule has 0 aliphatic heterocycles. The molecule has 0 fully saturated rings. The Kier molecular flexibility index (Phi) is 7.77. The third-order valence-corrected chi connectivity index (χ3v) is 6.36. The van der Waals surface area contributed by atoms with Crippen LogP contribution < -0.4 is 9.47 Å². The Morgan fingerprint density at radius 2 is 0.805 bits per heavy atom. The van der Waals surface area contributed by atoms with Crippen LogP contribution in [0.4, 0.5) is 0 Å². The van der Waals surface area contributed by atoms with E-state index in [4.69, 9.17) is 9.47 Å². The molecular formula is C31H23O10. The van der Waals surface area contributed by atoms with Crippen molar-refractivity contribution in [2.45, 2.75) is 12.3 Å². The van der Waals surface area contributed by atoms with E-state index in [-0.39, 0.29) is 33.8 Å². The van der Waals surface area contributed by atoms with Crippen molar-refractivity contribution in [1.29, 1.82) is 0 Å². The van der Waals surface area contributed by atoms with Crippen molar-refractivity contribution in [1.82, 2.24) is 0 Å². The number of aromatic carboxylic acids is 4. The fourth-order valence-electron chi connectivity index (χ4n) is 4.12. The highest BCUT2D eigenvalue weighted by atomic mass is 16.5. The van der Waals surface area contributed by atoms with E-state index in [0.29, 0.717) is 11.5 Å². The van der Waals surface area contributed by atoms with Crippen LogP contribution in [0.1, 0.15) is 59.5 Å². The molecule has 0 saturated heterocycles. The monoisotopic (exact) mass is 555 g/mol. The molecule has 41 heavy (non-hydrogen) atoms. The van der Waals surface area contributed by atoms with Gasteiger partial charge in [0.05, 0.1) is 22.3 Å². The number of rotatable bonds is 10. The first-order valence-corrected chi connectivity index (χ1v) is 12.0. The van der Waals surface area contributed by atoms with Crippen LogP contribution in [0, 0.1) is 6.92 Å². The van der Waals surface area contributed by atoms with E-state index >= 15 is 0 Å². The van der Waals surface area contributed by atoms with Gasteiger partial charge < -0.3 is 29.9 Å². The van der Waals surface area contributed by atoms with Gasteiger partial charge in [-0.25, -0.2) is 19.2 Å². The summed E-state index contributed by atoms with van der Waals surface area (Å²) in [6.07, 6.45) is 0. The van der Waals surface area contributed by atoms with Crippen LogP contribution in [0.25, 0.3) is 0 Å². The van der Waals surface area contributed by atoms with Gasteiger partial charge in [0.15, 0.2) is 0 Å². The summed E-state index contributed by atoms with van der Waals surface area (Å²) in [7, 11) is 0. The minimum absolute atomic E-state index is 0.168. The third-order valence-electron chi connectivity index (χ3n) is 6.36. The van der Waals surface area contributed by atoms with Gasteiger partial charge in [-0.15, -0.1) is 0 Å². The van der Waals surface area contributed by atoms with E-state index in [1.54, 1.807) is 48.5 Å². The van der Waals surface area contributed by atoms with Crippen LogP contribution in [-0.2, 0) is 5.41 Å². The zero-order valence-electron chi connectivity index (χ0n) is 21.5. The summed E-state index contributed by atoms with van der Waals surface area (Å²) >= 11 is 0. The Hall–Kier alpha value is -5.64. The van der Waals surface area contributed by atoms with Gasteiger partial charge in [0.1, 0.15) is 23.0 Å². The van der Waals surface area contributed by atoms with Crippen LogP contribution in [0.5, 0.6) is 23.0 Å². The van der Waals surface area contributed by atoms with E-state index in [2.05, 4.69) is 6.92 Å². The first-order chi connectivity index (χ1) is 19.4. The highest BCUT2D eigenvalue weighted by Crippen LogP contribution is 2.35. The van der Waals surface area contributed by atoms with Gasteiger partial charge in [-0.1, -0.05) is 31.2 Å². The molecule has 0 bridgehead atoms. The van der Waals surface area contributed by atoms with E-state index in [9.17, 15) is 39.6 Å². The van der Waals surface area contributed by atoms with Crippen molar-refractivity contribution in [3.05, 3.63) is 125 Å². The molecule has 207 valence electrons. The molecule has 0 spiro atoms. The molecule has 0 heterocycles. The quantitative estimate of drug-likeness (QED) is 0.177. The largest absolute Gasteiger partial charge is 0.478 e. The zero-order chi connectivity index (χ0) is 29.9. The maximum absolute atomic E-state index is 11.4. The van der Waals surface area contributed by atoms with Crippen LogP contribution in [-0.4, -0.2) is 44.3 Å². The van der Waals surface area contributed by atoms with Gasteiger partial charge in [0.25, 0.3) is 0 Å². The number of ether oxygens (including phenoxy) is 2. The van der Waals surface area contributed by atoms with Crippen LogP contribution >= 0.6 is 0 Å². The molecular weight excluding hydrogens is 532 g/mol. The highest BCUT2D eigenvalue weighted by Gasteiger charge is 2.24. The van der Waals surface area contributed by atoms with E-state index < -0.39 is 29.3 Å². The molecule has 0 aliphatic carbocycles. The van der Waals surface area contributed by atoms with Gasteiger partial charge in [-0.2, -0.15) is 0 Å². The second-order valence-electron chi connectivity index (χ2n) is 9.22. The molecule has 0 amide bonds. The smallest absolute Gasteiger partial charge is 0.336 e. The molecule has 1 radical (unpaired) electrons. The first kappa shape index (κ1) is 28.4. The summed E-state index contributed by atoms with van der Waals surface area (Å²) in [5.41, 5.74) is -0.484. The zero-order valence-corrected chi connectivity index (χ0v) is 21.5. The van der Waals surface area contributed by atoms with E-state index in [1.165, 1.54) is 24.3 Å². The molecule has 4 N–H and O–H groups in total. The number of hydrogen-bond donors (Lipinski definition) is 4. The first-order valence-electron chi connectivity index (χ1n) is 12.0. The predicted molar refractivity (Wildman–Crippen MR) is 146 cm³/mol. The summed E-state index contributed by atoms with van der Waals surface area (Å²) < 4.78 is 11.5. The standard InChI is InChI=1S/C31H23O10/c1-31(2,17-3-7-19(8-4-17)40-21-11-13-23(27(32)33)25(15-21)29(36)37)18-5-9-20(10-6-18)41-22-12-14-24(28(34)35)26(16-22)30(38)39/h3-16H,1H2,2H3,(H,32,33)(H,34,35)(H,36,37)(H,38,39). The molecule has 4 rings (SSSR count). The lowest BCUT2D eigenvalue weighted by Gasteiger charge is -2.26. The lowest BCUT2D eigenvalue weighted by atomic mass is 9.78. The van der Waals surface area contributed by atoms with Crippen LogP contribution in [0.2, 0.25) is 0 Å². The van der Waals surface area contributed by atoms with E-state index in [0.717, 1.165) is 23.3 Å². The Morgan fingerprint density at radius 1 is 0.512 bits per heavy atom. The lowest BCUT2D eigenvalue weighted by Crippen LogP contribution is -2.19. The van der Waals surface area contributed by atoms with Gasteiger partial charge in [-0.3, -0.25) is 0 Å². The second kappa shape index (κ2) is 11.2. The summed E-state index contributed by atoms with van der Waals surface area (Å²) in [5, 5.41) is 37.0. The average Bonchev–Trinajstić information content (AvgIpc) is 2.93. The Morgan fingerprint density at radius 3 is 1.10 bits per heavy atom. The maximum Gasteiger partial charge on any atom is 0.336 e. The van der Waals surface area contributed by atoms with Crippen LogP contribution in [0.15, 0.2) is 84.9 Å². The summed E-state index contributed by atoms with van der Waals surface area (Å²) in [6, 6.07) is 21.3. The molecule has 4 aromatic carbocycles.